The second-order valence-corrected chi connectivity index (χ2v) is 4.60. The molecule has 0 radical (unpaired) electrons. The van der Waals surface area contributed by atoms with E-state index in [1.165, 1.54) is 12.1 Å². The Morgan fingerprint density at radius 3 is 2.90 bits per heavy atom. The molecule has 0 bridgehead atoms. The number of morpholine rings is 1. The molecule has 20 heavy (non-hydrogen) atoms. The van der Waals surface area contributed by atoms with Gasteiger partial charge in [0.2, 0.25) is 5.82 Å². The fraction of sp³-hybridized carbons (Fsp3) is 0.583. The van der Waals surface area contributed by atoms with Crippen LogP contribution in [0.1, 0.15) is 6.42 Å². The van der Waals surface area contributed by atoms with Gasteiger partial charge in [0.1, 0.15) is 5.82 Å². The summed E-state index contributed by atoms with van der Waals surface area (Å²) < 4.78 is 5.27. The van der Waals surface area contributed by atoms with E-state index in [9.17, 15) is 10.1 Å². The number of anilines is 2. The van der Waals surface area contributed by atoms with Crippen molar-refractivity contribution in [2.75, 3.05) is 50.4 Å². The molecule has 1 aliphatic heterocycles. The highest BCUT2D eigenvalue weighted by atomic mass is 16.6. The van der Waals surface area contributed by atoms with Gasteiger partial charge in [0.15, 0.2) is 0 Å². The van der Waals surface area contributed by atoms with Crippen molar-refractivity contribution in [2.24, 2.45) is 0 Å². The Balaban J connectivity index is 1.81. The molecular weight excluding hydrogens is 262 g/mol. The lowest BCUT2D eigenvalue weighted by atomic mass is 10.3. The lowest BCUT2D eigenvalue weighted by Gasteiger charge is -2.26. The molecular formula is C12H19N5O3. The van der Waals surface area contributed by atoms with Crippen LogP contribution >= 0.6 is 0 Å². The van der Waals surface area contributed by atoms with E-state index in [0.29, 0.717) is 6.54 Å². The van der Waals surface area contributed by atoms with Crippen LogP contribution in [0.2, 0.25) is 0 Å². The molecule has 3 N–H and O–H groups in total. The van der Waals surface area contributed by atoms with Crippen LogP contribution in [0, 0.1) is 10.1 Å². The van der Waals surface area contributed by atoms with E-state index in [4.69, 9.17) is 10.5 Å². The number of hydrogen-bond acceptors (Lipinski definition) is 7. The number of hydrogen-bond donors (Lipinski definition) is 2. The molecule has 2 heterocycles. The summed E-state index contributed by atoms with van der Waals surface area (Å²) in [4.78, 5) is 16.7. The second-order valence-electron chi connectivity index (χ2n) is 4.60. The minimum absolute atomic E-state index is 0.0504. The van der Waals surface area contributed by atoms with Gasteiger partial charge in [-0.1, -0.05) is 0 Å². The Hall–Kier alpha value is -1.93. The maximum absolute atomic E-state index is 10.9. The van der Waals surface area contributed by atoms with Crippen molar-refractivity contribution in [1.29, 1.82) is 0 Å². The normalized spacial score (nSPS) is 16.0. The van der Waals surface area contributed by atoms with Crippen molar-refractivity contribution in [3.63, 3.8) is 0 Å². The van der Waals surface area contributed by atoms with Crippen LogP contribution in [0.4, 0.5) is 17.3 Å². The summed E-state index contributed by atoms with van der Waals surface area (Å²) in [6.45, 7) is 4.99. The molecule has 1 fully saturated rings. The minimum Gasteiger partial charge on any atom is -0.384 e. The summed E-state index contributed by atoms with van der Waals surface area (Å²) in [7, 11) is 0. The number of nitro groups is 1. The van der Waals surface area contributed by atoms with Crippen molar-refractivity contribution < 1.29 is 9.66 Å². The lowest BCUT2D eigenvalue weighted by Crippen LogP contribution is -2.37. The van der Waals surface area contributed by atoms with Crippen molar-refractivity contribution in [1.82, 2.24) is 9.88 Å². The van der Waals surface area contributed by atoms with Crippen molar-refractivity contribution in [3.8, 4) is 0 Å². The van der Waals surface area contributed by atoms with Gasteiger partial charge in [-0.3, -0.25) is 15.0 Å². The molecule has 0 saturated carbocycles. The molecule has 0 aliphatic carbocycles. The summed E-state index contributed by atoms with van der Waals surface area (Å²) in [5.41, 5.74) is 5.50. The van der Waals surface area contributed by atoms with Crippen LogP contribution in [0.5, 0.6) is 0 Å². The zero-order valence-electron chi connectivity index (χ0n) is 11.2. The third-order valence-corrected chi connectivity index (χ3v) is 3.14. The quantitative estimate of drug-likeness (QED) is 0.449. The maximum Gasteiger partial charge on any atom is 0.311 e. The van der Waals surface area contributed by atoms with E-state index in [-0.39, 0.29) is 17.3 Å². The molecule has 8 heteroatoms. The first-order valence-electron chi connectivity index (χ1n) is 6.61. The van der Waals surface area contributed by atoms with Crippen LogP contribution in [0.25, 0.3) is 0 Å². The standard InChI is InChI=1S/C12H19N5O3/c13-11-3-2-10(17(18)19)12(15-11)14-4-1-5-16-6-8-20-9-7-16/h2-3H,1,4-9H2,(H3,13,14,15). The Kier molecular flexibility index (Phi) is 5.08. The molecule has 0 unspecified atom stereocenters. The van der Waals surface area contributed by atoms with Crippen LogP contribution in [-0.4, -0.2) is 54.2 Å². The highest BCUT2D eigenvalue weighted by molar-refractivity contribution is 5.59. The first-order chi connectivity index (χ1) is 9.66. The van der Waals surface area contributed by atoms with Gasteiger partial charge in [0.05, 0.1) is 18.1 Å². The average molecular weight is 281 g/mol. The van der Waals surface area contributed by atoms with Crippen molar-refractivity contribution in [3.05, 3.63) is 22.2 Å². The van der Waals surface area contributed by atoms with E-state index in [0.717, 1.165) is 39.3 Å². The minimum atomic E-state index is -0.462. The first-order valence-corrected chi connectivity index (χ1v) is 6.61. The Morgan fingerprint density at radius 2 is 2.20 bits per heavy atom. The highest BCUT2D eigenvalue weighted by Crippen LogP contribution is 2.22. The second kappa shape index (κ2) is 7.01. The Labute approximate surface area is 117 Å². The number of rotatable bonds is 6. The van der Waals surface area contributed by atoms with Crippen LogP contribution in [0.3, 0.4) is 0 Å². The summed E-state index contributed by atoms with van der Waals surface area (Å²) in [6.07, 6.45) is 0.883. The zero-order valence-corrected chi connectivity index (χ0v) is 11.2. The van der Waals surface area contributed by atoms with Gasteiger partial charge in [-0.25, -0.2) is 4.98 Å². The lowest BCUT2D eigenvalue weighted by molar-refractivity contribution is -0.384. The molecule has 8 nitrogen and oxygen atoms in total. The van der Waals surface area contributed by atoms with Gasteiger partial charge in [-0.2, -0.15) is 0 Å². The summed E-state index contributed by atoms with van der Waals surface area (Å²) >= 11 is 0. The predicted molar refractivity (Wildman–Crippen MR) is 75.7 cm³/mol. The highest BCUT2D eigenvalue weighted by Gasteiger charge is 2.15. The molecule has 1 aromatic rings. The molecule has 1 aliphatic rings. The molecule has 0 atom stereocenters. The number of pyridine rings is 1. The topological polar surface area (TPSA) is 107 Å². The molecule has 1 saturated heterocycles. The molecule has 110 valence electrons. The van der Waals surface area contributed by atoms with E-state index in [1.807, 2.05) is 0 Å². The van der Waals surface area contributed by atoms with Crippen molar-refractivity contribution in [2.45, 2.75) is 6.42 Å². The predicted octanol–water partition coefficient (Wildman–Crippen LogP) is 0.706. The summed E-state index contributed by atoms with van der Waals surface area (Å²) in [6, 6.07) is 2.80. The largest absolute Gasteiger partial charge is 0.384 e. The zero-order chi connectivity index (χ0) is 14.4. The van der Waals surface area contributed by atoms with E-state index in [2.05, 4.69) is 15.2 Å². The number of ether oxygens (including phenoxy) is 1. The smallest absolute Gasteiger partial charge is 0.311 e. The monoisotopic (exact) mass is 281 g/mol. The van der Waals surface area contributed by atoms with Gasteiger partial charge >= 0.3 is 5.69 Å². The molecule has 0 amide bonds. The average Bonchev–Trinajstić information content (AvgIpc) is 2.44. The number of nitrogen functional groups attached to an aromatic ring is 1. The first kappa shape index (κ1) is 14.5. The number of nitrogens with two attached hydrogens (primary N) is 1. The SMILES string of the molecule is Nc1ccc([N+](=O)[O-])c(NCCCN2CCOCC2)n1. The third kappa shape index (κ3) is 4.04. The summed E-state index contributed by atoms with van der Waals surface area (Å²) in [5.74, 6) is 0.503. The van der Waals surface area contributed by atoms with Gasteiger partial charge in [0.25, 0.3) is 0 Å². The van der Waals surface area contributed by atoms with Crippen LogP contribution in [-0.2, 0) is 4.74 Å². The Bertz CT molecular complexity index is 462. The number of nitrogens with one attached hydrogen (secondary N) is 1. The van der Waals surface area contributed by atoms with E-state index in [1.54, 1.807) is 0 Å². The van der Waals surface area contributed by atoms with Crippen molar-refractivity contribution >= 4 is 17.3 Å². The number of aromatic nitrogens is 1. The molecule has 1 aromatic heterocycles. The molecule has 0 spiro atoms. The van der Waals surface area contributed by atoms with Gasteiger partial charge in [-0.05, 0) is 19.0 Å². The Morgan fingerprint density at radius 1 is 1.45 bits per heavy atom. The summed E-state index contributed by atoms with van der Waals surface area (Å²) in [5, 5.41) is 13.9. The molecule has 2 rings (SSSR count). The molecule has 0 aromatic carbocycles. The van der Waals surface area contributed by atoms with Gasteiger partial charge in [0, 0.05) is 25.7 Å². The van der Waals surface area contributed by atoms with Crippen LogP contribution in [0.15, 0.2) is 12.1 Å². The maximum atomic E-state index is 10.9. The van der Waals surface area contributed by atoms with Crippen LogP contribution < -0.4 is 11.1 Å². The van der Waals surface area contributed by atoms with E-state index < -0.39 is 4.92 Å². The van der Waals surface area contributed by atoms with Gasteiger partial charge < -0.3 is 15.8 Å². The van der Waals surface area contributed by atoms with E-state index >= 15 is 0 Å². The van der Waals surface area contributed by atoms with Gasteiger partial charge in [-0.15, -0.1) is 0 Å². The number of nitrogens with zero attached hydrogens (tertiary/aromatic N) is 3. The fourth-order valence-corrected chi connectivity index (χ4v) is 2.08. The fourth-order valence-electron chi connectivity index (χ4n) is 2.08. The third-order valence-electron chi connectivity index (χ3n) is 3.14.